The molecule has 2 aromatic heterocycles. The summed E-state index contributed by atoms with van der Waals surface area (Å²) in [5.41, 5.74) is 3.29. The molecule has 6 rings (SSSR count). The minimum atomic E-state index is -0.0586. The van der Waals surface area contributed by atoms with E-state index in [1.165, 1.54) is 24.8 Å². The second-order valence-electron chi connectivity index (χ2n) is 9.45. The van der Waals surface area contributed by atoms with Crippen molar-refractivity contribution in [3.05, 3.63) is 41.3 Å². The molecule has 1 N–H and O–H groups in total. The topological polar surface area (TPSA) is 59.8 Å². The maximum Gasteiger partial charge on any atom is 0.226 e. The fourth-order valence-corrected chi connectivity index (χ4v) is 6.62. The van der Waals surface area contributed by atoms with Gasteiger partial charge < -0.3 is 5.32 Å². The van der Waals surface area contributed by atoms with Crippen molar-refractivity contribution >= 4 is 5.91 Å². The number of amides is 1. The second kappa shape index (κ2) is 6.71. The van der Waals surface area contributed by atoms with E-state index in [1.807, 2.05) is 29.8 Å². The summed E-state index contributed by atoms with van der Waals surface area (Å²) < 4.78 is 1.91. The molecular weight excluding hydrogens is 348 g/mol. The van der Waals surface area contributed by atoms with Crippen LogP contribution in [-0.4, -0.2) is 27.2 Å². The third-order valence-corrected chi connectivity index (χ3v) is 7.49. The van der Waals surface area contributed by atoms with Gasteiger partial charge in [0.05, 0.1) is 5.69 Å². The Bertz CT molecular complexity index is 850. The summed E-state index contributed by atoms with van der Waals surface area (Å²) in [5.74, 6) is 3.57. The van der Waals surface area contributed by atoms with Crippen LogP contribution in [0.3, 0.4) is 0 Å². The van der Waals surface area contributed by atoms with Crippen LogP contribution in [0.15, 0.2) is 24.4 Å². The molecule has 0 aliphatic heterocycles. The molecule has 4 fully saturated rings. The second-order valence-corrected chi connectivity index (χ2v) is 9.45. The van der Waals surface area contributed by atoms with E-state index < -0.39 is 0 Å². The monoisotopic (exact) mass is 378 g/mol. The number of aromatic nitrogens is 3. The molecular formula is C23H30N4O. The van der Waals surface area contributed by atoms with Gasteiger partial charge in [-0.05, 0) is 94.2 Å². The van der Waals surface area contributed by atoms with Crippen molar-refractivity contribution in [2.24, 2.45) is 23.2 Å². The number of nitrogens with zero attached hydrogens (tertiary/aromatic N) is 3. The summed E-state index contributed by atoms with van der Waals surface area (Å²) in [5, 5.41) is 7.97. The van der Waals surface area contributed by atoms with Gasteiger partial charge in [-0.15, -0.1) is 0 Å². The molecule has 1 amide bonds. The van der Waals surface area contributed by atoms with E-state index in [-0.39, 0.29) is 5.41 Å². The molecule has 4 aliphatic carbocycles. The molecule has 2 heterocycles. The molecule has 28 heavy (non-hydrogen) atoms. The first kappa shape index (κ1) is 17.9. The minimum absolute atomic E-state index is 0.0586. The van der Waals surface area contributed by atoms with Crippen molar-refractivity contribution in [3.63, 3.8) is 0 Å². The molecule has 0 spiro atoms. The van der Waals surface area contributed by atoms with E-state index >= 15 is 0 Å². The third-order valence-electron chi connectivity index (χ3n) is 7.49. The Morgan fingerprint density at radius 2 is 1.82 bits per heavy atom. The normalized spacial score (nSPS) is 30.6. The van der Waals surface area contributed by atoms with Gasteiger partial charge in [0.25, 0.3) is 0 Å². The molecule has 5 nitrogen and oxygen atoms in total. The first-order valence-electron chi connectivity index (χ1n) is 10.8. The number of hydrogen-bond acceptors (Lipinski definition) is 3. The molecule has 0 unspecified atom stereocenters. The molecule has 0 radical (unpaired) electrons. The van der Waals surface area contributed by atoms with Gasteiger partial charge in [0.2, 0.25) is 5.91 Å². The van der Waals surface area contributed by atoms with Crippen molar-refractivity contribution in [1.29, 1.82) is 0 Å². The van der Waals surface area contributed by atoms with Crippen molar-refractivity contribution in [2.75, 3.05) is 6.54 Å². The van der Waals surface area contributed by atoms with Crippen LogP contribution in [0.1, 0.15) is 55.5 Å². The van der Waals surface area contributed by atoms with Gasteiger partial charge in [-0.25, -0.2) is 9.67 Å². The quantitative estimate of drug-likeness (QED) is 0.862. The van der Waals surface area contributed by atoms with Crippen molar-refractivity contribution in [3.8, 4) is 5.82 Å². The van der Waals surface area contributed by atoms with Crippen molar-refractivity contribution < 1.29 is 4.79 Å². The number of pyridine rings is 1. The lowest BCUT2D eigenvalue weighted by Gasteiger charge is -2.55. The number of hydrogen-bond donors (Lipinski definition) is 1. The van der Waals surface area contributed by atoms with E-state index in [1.54, 1.807) is 6.20 Å². The summed E-state index contributed by atoms with van der Waals surface area (Å²) in [6.07, 6.45) is 10.1. The van der Waals surface area contributed by atoms with Gasteiger partial charge in [-0.2, -0.15) is 5.10 Å². The van der Waals surface area contributed by atoms with Gasteiger partial charge in [-0.1, -0.05) is 6.07 Å². The number of carbonyl (C=O) groups excluding carboxylic acids is 1. The van der Waals surface area contributed by atoms with Gasteiger partial charge in [0, 0.05) is 23.9 Å². The predicted molar refractivity (Wildman–Crippen MR) is 108 cm³/mol. The Kier molecular flexibility index (Phi) is 4.29. The predicted octanol–water partition coefficient (Wildman–Crippen LogP) is 3.76. The average Bonchev–Trinajstić information content (AvgIpc) is 2.96. The van der Waals surface area contributed by atoms with Crippen LogP contribution < -0.4 is 5.32 Å². The zero-order valence-electron chi connectivity index (χ0n) is 16.9. The third kappa shape index (κ3) is 2.96. The van der Waals surface area contributed by atoms with Crippen LogP contribution >= 0.6 is 0 Å². The molecule has 4 aliphatic rings. The molecule has 148 valence electrons. The highest BCUT2D eigenvalue weighted by Crippen LogP contribution is 2.60. The summed E-state index contributed by atoms with van der Waals surface area (Å²) in [6, 6.07) is 5.86. The highest BCUT2D eigenvalue weighted by atomic mass is 16.2. The molecule has 0 atom stereocenters. The Labute approximate surface area is 166 Å². The zero-order valence-corrected chi connectivity index (χ0v) is 16.9. The van der Waals surface area contributed by atoms with Gasteiger partial charge in [-0.3, -0.25) is 4.79 Å². The molecule has 2 aromatic rings. The van der Waals surface area contributed by atoms with E-state index in [4.69, 9.17) is 0 Å². The van der Waals surface area contributed by atoms with Crippen LogP contribution in [0.2, 0.25) is 0 Å². The largest absolute Gasteiger partial charge is 0.355 e. The van der Waals surface area contributed by atoms with Crippen molar-refractivity contribution in [1.82, 2.24) is 20.1 Å². The minimum Gasteiger partial charge on any atom is -0.355 e. The molecule has 0 saturated heterocycles. The summed E-state index contributed by atoms with van der Waals surface area (Å²) in [6.45, 7) is 4.82. The smallest absolute Gasteiger partial charge is 0.226 e. The van der Waals surface area contributed by atoms with Crippen LogP contribution in [0, 0.1) is 37.0 Å². The molecule has 0 aromatic carbocycles. The first-order valence-corrected chi connectivity index (χ1v) is 10.8. The number of carbonyl (C=O) groups is 1. The SMILES string of the molecule is Cc1nn(-c2ccccn2)c(C)c1CCNC(=O)C12CC3CC(CC(C3)C1)C2. The van der Waals surface area contributed by atoms with Gasteiger partial charge >= 0.3 is 0 Å². The summed E-state index contributed by atoms with van der Waals surface area (Å²) >= 11 is 0. The number of aryl methyl sites for hydroxylation is 1. The van der Waals surface area contributed by atoms with E-state index in [0.717, 1.165) is 60.6 Å². The summed E-state index contributed by atoms with van der Waals surface area (Å²) in [7, 11) is 0. The van der Waals surface area contributed by atoms with Gasteiger partial charge in [0.1, 0.15) is 0 Å². The first-order chi connectivity index (χ1) is 13.5. The highest BCUT2D eigenvalue weighted by molar-refractivity contribution is 5.83. The average molecular weight is 379 g/mol. The molecule has 5 heteroatoms. The maximum atomic E-state index is 13.1. The van der Waals surface area contributed by atoms with Crippen LogP contribution in [0.4, 0.5) is 0 Å². The van der Waals surface area contributed by atoms with Gasteiger partial charge in [0.15, 0.2) is 5.82 Å². The maximum absolute atomic E-state index is 13.1. The van der Waals surface area contributed by atoms with E-state index in [0.29, 0.717) is 12.5 Å². The number of rotatable bonds is 5. The lowest BCUT2D eigenvalue weighted by Crippen LogP contribution is -2.53. The lowest BCUT2D eigenvalue weighted by molar-refractivity contribution is -0.146. The molecule has 4 saturated carbocycles. The van der Waals surface area contributed by atoms with E-state index in [2.05, 4.69) is 22.3 Å². The lowest BCUT2D eigenvalue weighted by atomic mass is 9.49. The molecule has 4 bridgehead atoms. The fourth-order valence-electron chi connectivity index (χ4n) is 6.62. The standard InChI is InChI=1S/C23H30N4O/c1-15-20(16(2)27(26-15)21-5-3-4-7-24-21)6-8-25-22(28)23-12-17-9-18(13-23)11-19(10-17)14-23/h3-5,7,17-19H,6,8-14H2,1-2H3,(H,25,28). The summed E-state index contributed by atoms with van der Waals surface area (Å²) in [4.78, 5) is 17.6. The Morgan fingerprint density at radius 1 is 1.14 bits per heavy atom. The van der Waals surface area contributed by atoms with Crippen molar-refractivity contribution in [2.45, 2.75) is 58.8 Å². The number of nitrogens with one attached hydrogen (secondary N) is 1. The van der Waals surface area contributed by atoms with E-state index in [9.17, 15) is 4.79 Å². The fraction of sp³-hybridized carbons (Fsp3) is 0.609. The Hall–Kier alpha value is -2.17. The highest BCUT2D eigenvalue weighted by Gasteiger charge is 2.54. The van der Waals surface area contributed by atoms with Crippen LogP contribution in [0.25, 0.3) is 5.82 Å². The Balaban J connectivity index is 1.25. The zero-order chi connectivity index (χ0) is 19.3. The Morgan fingerprint density at radius 3 is 2.43 bits per heavy atom. The van der Waals surface area contributed by atoms with Crippen LogP contribution in [-0.2, 0) is 11.2 Å². The van der Waals surface area contributed by atoms with Crippen LogP contribution in [0.5, 0.6) is 0 Å².